The molecule has 0 heterocycles. The van der Waals surface area contributed by atoms with Gasteiger partial charge < -0.3 is 0 Å². The van der Waals surface area contributed by atoms with Gasteiger partial charge in [0.15, 0.2) is 0 Å². The fraction of sp³-hybridized carbons (Fsp3) is 0.700. The van der Waals surface area contributed by atoms with Gasteiger partial charge in [0.1, 0.15) is 5.78 Å². The molecule has 4 aliphatic rings. The Morgan fingerprint density at radius 2 is 2.09 bits per heavy atom. The van der Waals surface area contributed by atoms with Crippen molar-refractivity contribution in [3.05, 3.63) is 12.2 Å². The summed E-state index contributed by atoms with van der Waals surface area (Å²) in [6.07, 6.45) is 3.72. The summed E-state index contributed by atoms with van der Waals surface area (Å²) in [4.78, 5) is 11.6. The molecule has 58 valence electrons. The standard InChI is InChI=1S/C10H12O/c1-5-8-4-6-2-3-7(8)10(11)9(5)6/h6-9H,1-4H2/t6-,7+,8+,9+/m0/s1. The van der Waals surface area contributed by atoms with E-state index in [1.165, 1.54) is 18.4 Å². The van der Waals surface area contributed by atoms with Gasteiger partial charge in [0.25, 0.3) is 0 Å². The fourth-order valence-corrected chi connectivity index (χ4v) is 3.44. The van der Waals surface area contributed by atoms with Crippen molar-refractivity contribution in [1.82, 2.24) is 0 Å². The van der Waals surface area contributed by atoms with E-state index in [9.17, 15) is 4.79 Å². The normalized spacial score (nSPS) is 52.7. The van der Waals surface area contributed by atoms with Gasteiger partial charge in [0.2, 0.25) is 0 Å². The second kappa shape index (κ2) is 1.60. The van der Waals surface area contributed by atoms with Crippen molar-refractivity contribution in [3.8, 4) is 0 Å². The number of rotatable bonds is 0. The van der Waals surface area contributed by atoms with Gasteiger partial charge >= 0.3 is 0 Å². The van der Waals surface area contributed by atoms with E-state index in [0.29, 0.717) is 29.5 Å². The Morgan fingerprint density at radius 1 is 1.27 bits per heavy atom. The molecule has 0 N–H and O–H groups in total. The molecule has 4 saturated carbocycles. The summed E-state index contributed by atoms with van der Waals surface area (Å²) in [5, 5.41) is 0. The van der Waals surface area contributed by atoms with E-state index in [0.717, 1.165) is 6.42 Å². The molecular formula is C10H12O. The molecule has 4 fully saturated rings. The fourth-order valence-electron chi connectivity index (χ4n) is 3.44. The Labute approximate surface area is 66.5 Å². The van der Waals surface area contributed by atoms with Gasteiger partial charge in [0, 0.05) is 11.8 Å². The third kappa shape index (κ3) is 0.492. The van der Waals surface area contributed by atoms with E-state index in [-0.39, 0.29) is 0 Å². The first-order chi connectivity index (χ1) is 5.29. The summed E-state index contributed by atoms with van der Waals surface area (Å²) in [5.41, 5.74) is 1.28. The molecule has 11 heavy (non-hydrogen) atoms. The third-order valence-corrected chi connectivity index (χ3v) is 3.91. The number of ketones is 1. The SMILES string of the molecule is C=C1[C@H]2C(=O)[C@@H]3CC[C@H]2C[C@H]13. The van der Waals surface area contributed by atoms with Crippen LogP contribution in [0.2, 0.25) is 0 Å². The molecular weight excluding hydrogens is 136 g/mol. The van der Waals surface area contributed by atoms with E-state index in [1.807, 2.05) is 0 Å². The van der Waals surface area contributed by atoms with Gasteiger partial charge in [-0.2, -0.15) is 0 Å². The first-order valence-corrected chi connectivity index (χ1v) is 4.51. The molecule has 0 spiro atoms. The first-order valence-electron chi connectivity index (χ1n) is 4.51. The molecule has 0 saturated heterocycles. The van der Waals surface area contributed by atoms with Crippen molar-refractivity contribution in [2.24, 2.45) is 23.7 Å². The van der Waals surface area contributed by atoms with E-state index >= 15 is 0 Å². The zero-order valence-corrected chi connectivity index (χ0v) is 6.55. The summed E-state index contributed by atoms with van der Waals surface area (Å²) in [5.74, 6) is 2.54. The first kappa shape index (κ1) is 5.99. The minimum atomic E-state index is 0.304. The van der Waals surface area contributed by atoms with Crippen molar-refractivity contribution < 1.29 is 4.79 Å². The van der Waals surface area contributed by atoms with Crippen LogP contribution in [0.5, 0.6) is 0 Å². The Kier molecular flexibility index (Phi) is 0.869. The van der Waals surface area contributed by atoms with Crippen molar-refractivity contribution in [1.29, 1.82) is 0 Å². The van der Waals surface area contributed by atoms with Crippen LogP contribution < -0.4 is 0 Å². The molecule has 0 aromatic carbocycles. The highest BCUT2D eigenvalue weighted by atomic mass is 16.1. The molecule has 4 atom stereocenters. The number of carbonyl (C=O) groups is 1. The second-order valence-electron chi connectivity index (χ2n) is 4.24. The van der Waals surface area contributed by atoms with Gasteiger partial charge in [-0.15, -0.1) is 0 Å². The minimum absolute atomic E-state index is 0.304. The van der Waals surface area contributed by atoms with Crippen molar-refractivity contribution in [2.45, 2.75) is 19.3 Å². The zero-order chi connectivity index (χ0) is 7.59. The summed E-state index contributed by atoms with van der Waals surface area (Å²) in [6, 6.07) is 0. The van der Waals surface area contributed by atoms with Gasteiger partial charge in [-0.3, -0.25) is 4.79 Å². The molecule has 0 unspecified atom stereocenters. The summed E-state index contributed by atoms with van der Waals surface area (Å²) in [7, 11) is 0. The van der Waals surface area contributed by atoms with Crippen LogP contribution in [0.25, 0.3) is 0 Å². The van der Waals surface area contributed by atoms with E-state index in [2.05, 4.69) is 6.58 Å². The van der Waals surface area contributed by atoms with Crippen LogP contribution in [0.1, 0.15) is 19.3 Å². The predicted molar refractivity (Wildman–Crippen MR) is 42.0 cm³/mol. The van der Waals surface area contributed by atoms with E-state index < -0.39 is 0 Å². The second-order valence-corrected chi connectivity index (χ2v) is 4.24. The van der Waals surface area contributed by atoms with E-state index in [1.54, 1.807) is 0 Å². The third-order valence-electron chi connectivity index (χ3n) is 3.91. The topological polar surface area (TPSA) is 17.1 Å². The quantitative estimate of drug-likeness (QED) is 0.479. The number of carbonyl (C=O) groups excluding carboxylic acids is 1. The summed E-state index contributed by atoms with van der Waals surface area (Å²) >= 11 is 0. The Bertz CT molecular complexity index is 238. The lowest BCUT2D eigenvalue weighted by Crippen LogP contribution is -2.34. The highest BCUT2D eigenvalue weighted by Gasteiger charge is 2.57. The lowest BCUT2D eigenvalue weighted by atomic mass is 9.70. The summed E-state index contributed by atoms with van der Waals surface area (Å²) in [6.45, 7) is 4.05. The molecule has 0 radical (unpaired) electrons. The molecule has 0 amide bonds. The van der Waals surface area contributed by atoms with Crippen LogP contribution in [-0.4, -0.2) is 5.78 Å². The molecule has 4 aliphatic carbocycles. The number of hydrogen-bond donors (Lipinski definition) is 0. The number of Topliss-reactive ketones (excluding diaryl/α,β-unsaturated/α-hetero) is 1. The zero-order valence-electron chi connectivity index (χ0n) is 6.55. The number of hydrogen-bond acceptors (Lipinski definition) is 1. The maximum atomic E-state index is 11.6. The average Bonchev–Trinajstić information content (AvgIpc) is 2.38. The highest BCUT2D eigenvalue weighted by molar-refractivity contribution is 5.92. The Hall–Kier alpha value is -0.590. The van der Waals surface area contributed by atoms with Gasteiger partial charge in [0.05, 0.1) is 0 Å². The lowest BCUT2D eigenvalue weighted by Gasteiger charge is -2.32. The van der Waals surface area contributed by atoms with Crippen LogP contribution in [0, 0.1) is 23.7 Å². The largest absolute Gasteiger partial charge is 0.299 e. The molecule has 4 bridgehead atoms. The van der Waals surface area contributed by atoms with Crippen molar-refractivity contribution in [2.75, 3.05) is 0 Å². The van der Waals surface area contributed by atoms with Gasteiger partial charge in [-0.05, 0) is 31.1 Å². The maximum Gasteiger partial charge on any atom is 0.143 e. The van der Waals surface area contributed by atoms with Gasteiger partial charge in [-0.1, -0.05) is 12.2 Å². The van der Waals surface area contributed by atoms with Crippen LogP contribution in [0.15, 0.2) is 12.2 Å². The molecule has 1 heteroatoms. The minimum Gasteiger partial charge on any atom is -0.299 e. The monoisotopic (exact) mass is 148 g/mol. The number of fused-ring (bicyclic) bond motifs is 1. The molecule has 0 aromatic rings. The highest BCUT2D eigenvalue weighted by Crippen LogP contribution is 2.59. The molecule has 1 nitrogen and oxygen atoms in total. The van der Waals surface area contributed by atoms with E-state index in [4.69, 9.17) is 0 Å². The Morgan fingerprint density at radius 3 is 2.55 bits per heavy atom. The van der Waals surface area contributed by atoms with Crippen molar-refractivity contribution >= 4 is 5.78 Å². The van der Waals surface area contributed by atoms with Crippen LogP contribution in [0.4, 0.5) is 0 Å². The van der Waals surface area contributed by atoms with Gasteiger partial charge in [-0.25, -0.2) is 0 Å². The van der Waals surface area contributed by atoms with Crippen LogP contribution in [0.3, 0.4) is 0 Å². The van der Waals surface area contributed by atoms with Crippen LogP contribution in [-0.2, 0) is 4.79 Å². The maximum absolute atomic E-state index is 11.6. The molecule has 0 aliphatic heterocycles. The van der Waals surface area contributed by atoms with Crippen molar-refractivity contribution in [3.63, 3.8) is 0 Å². The lowest BCUT2D eigenvalue weighted by molar-refractivity contribution is -0.130. The smallest absolute Gasteiger partial charge is 0.143 e. The Balaban J connectivity index is 2.15. The number of allylic oxidation sites excluding steroid dienone is 1. The molecule has 0 aromatic heterocycles. The molecule has 4 rings (SSSR count). The van der Waals surface area contributed by atoms with Crippen LogP contribution >= 0.6 is 0 Å². The predicted octanol–water partition coefficient (Wildman–Crippen LogP) is 1.79. The average molecular weight is 148 g/mol. The summed E-state index contributed by atoms with van der Waals surface area (Å²) < 4.78 is 0.